The maximum absolute atomic E-state index is 12.2. The zero-order chi connectivity index (χ0) is 13.9. The van der Waals surface area contributed by atoms with Crippen LogP contribution in [-0.4, -0.2) is 32.1 Å². The van der Waals surface area contributed by atoms with E-state index in [1.807, 2.05) is 12.1 Å². The number of rotatable bonds is 3. The molecule has 1 amide bonds. The van der Waals surface area contributed by atoms with Crippen LogP contribution in [0.4, 0.5) is 11.4 Å². The normalized spacial score (nSPS) is 25.9. The van der Waals surface area contributed by atoms with Crippen molar-refractivity contribution in [3.05, 3.63) is 24.3 Å². The number of hydrogen-bond acceptors (Lipinski definition) is 3. The Morgan fingerprint density at radius 1 is 1.20 bits per heavy atom. The number of nitrogens with zero attached hydrogens (tertiary/aromatic N) is 1. The number of carbonyl (C=O) groups is 1. The number of benzene rings is 1. The van der Waals surface area contributed by atoms with Crippen molar-refractivity contribution in [2.75, 3.05) is 36.4 Å². The van der Waals surface area contributed by atoms with Gasteiger partial charge in [0.15, 0.2) is 0 Å². The van der Waals surface area contributed by atoms with Crippen molar-refractivity contribution >= 4 is 17.3 Å². The lowest BCUT2D eigenvalue weighted by Crippen LogP contribution is -2.27. The molecular formula is C16H23N3O. The molecule has 3 rings (SSSR count). The molecule has 2 aliphatic rings. The van der Waals surface area contributed by atoms with Gasteiger partial charge in [-0.15, -0.1) is 0 Å². The maximum Gasteiger partial charge on any atom is 0.229 e. The standard InChI is InChI=1S/C16H23N3O/c1-12-10-17-11-15(12)16(20)18-13-4-6-14(7-5-13)19-8-2-3-9-19/h4-7,12,15,17H,2-3,8-11H2,1H3,(H,18,20). The summed E-state index contributed by atoms with van der Waals surface area (Å²) >= 11 is 0. The van der Waals surface area contributed by atoms with Gasteiger partial charge in [0.25, 0.3) is 0 Å². The second-order valence-electron chi connectivity index (χ2n) is 5.97. The molecule has 0 spiro atoms. The van der Waals surface area contributed by atoms with E-state index in [-0.39, 0.29) is 11.8 Å². The van der Waals surface area contributed by atoms with Gasteiger partial charge in [0.2, 0.25) is 5.91 Å². The Morgan fingerprint density at radius 3 is 2.50 bits per heavy atom. The van der Waals surface area contributed by atoms with Gasteiger partial charge in [-0.2, -0.15) is 0 Å². The molecule has 2 aliphatic heterocycles. The first-order valence-electron chi connectivity index (χ1n) is 7.60. The largest absolute Gasteiger partial charge is 0.372 e. The fraction of sp³-hybridized carbons (Fsp3) is 0.562. The highest BCUT2D eigenvalue weighted by Crippen LogP contribution is 2.23. The number of carbonyl (C=O) groups excluding carboxylic acids is 1. The van der Waals surface area contributed by atoms with E-state index in [2.05, 4.69) is 34.6 Å². The second kappa shape index (κ2) is 5.83. The molecule has 0 saturated carbocycles. The summed E-state index contributed by atoms with van der Waals surface area (Å²) < 4.78 is 0. The Morgan fingerprint density at radius 2 is 1.90 bits per heavy atom. The zero-order valence-corrected chi connectivity index (χ0v) is 12.1. The van der Waals surface area contributed by atoms with Crippen LogP contribution in [0.25, 0.3) is 0 Å². The van der Waals surface area contributed by atoms with Crippen LogP contribution in [0.2, 0.25) is 0 Å². The average Bonchev–Trinajstić information content (AvgIpc) is 3.10. The van der Waals surface area contributed by atoms with E-state index >= 15 is 0 Å². The van der Waals surface area contributed by atoms with Crippen molar-refractivity contribution in [3.63, 3.8) is 0 Å². The molecule has 2 saturated heterocycles. The monoisotopic (exact) mass is 273 g/mol. The van der Waals surface area contributed by atoms with E-state index in [9.17, 15) is 4.79 Å². The van der Waals surface area contributed by atoms with Gasteiger partial charge in [0.05, 0.1) is 5.92 Å². The predicted octanol–water partition coefficient (Wildman–Crippen LogP) is 2.08. The Balaban J connectivity index is 1.61. The minimum atomic E-state index is 0.0910. The fourth-order valence-corrected chi connectivity index (χ4v) is 3.13. The van der Waals surface area contributed by atoms with Crippen molar-refractivity contribution in [2.45, 2.75) is 19.8 Å². The fourth-order valence-electron chi connectivity index (χ4n) is 3.13. The molecule has 108 valence electrons. The van der Waals surface area contributed by atoms with E-state index in [0.717, 1.165) is 31.9 Å². The first-order chi connectivity index (χ1) is 9.74. The first kappa shape index (κ1) is 13.4. The lowest BCUT2D eigenvalue weighted by Gasteiger charge is -2.18. The molecule has 4 nitrogen and oxygen atoms in total. The third-order valence-electron chi connectivity index (χ3n) is 4.46. The molecule has 0 radical (unpaired) electrons. The van der Waals surface area contributed by atoms with Gasteiger partial charge in [-0.05, 0) is 49.6 Å². The van der Waals surface area contributed by atoms with E-state index < -0.39 is 0 Å². The molecule has 2 heterocycles. The minimum Gasteiger partial charge on any atom is -0.372 e. The summed E-state index contributed by atoms with van der Waals surface area (Å²) in [6, 6.07) is 8.24. The van der Waals surface area contributed by atoms with E-state index in [0.29, 0.717) is 5.92 Å². The smallest absolute Gasteiger partial charge is 0.229 e. The quantitative estimate of drug-likeness (QED) is 0.886. The molecule has 20 heavy (non-hydrogen) atoms. The Kier molecular flexibility index (Phi) is 3.92. The van der Waals surface area contributed by atoms with Crippen LogP contribution in [0.3, 0.4) is 0 Å². The number of hydrogen-bond donors (Lipinski definition) is 2. The van der Waals surface area contributed by atoms with Crippen molar-refractivity contribution < 1.29 is 4.79 Å². The molecule has 1 aromatic carbocycles. The van der Waals surface area contributed by atoms with Crippen LogP contribution in [0.5, 0.6) is 0 Å². The number of anilines is 2. The summed E-state index contributed by atoms with van der Waals surface area (Å²) in [6.45, 7) is 6.15. The van der Waals surface area contributed by atoms with Crippen LogP contribution < -0.4 is 15.5 Å². The average molecular weight is 273 g/mol. The minimum absolute atomic E-state index is 0.0910. The van der Waals surface area contributed by atoms with Gasteiger partial charge in [-0.1, -0.05) is 6.92 Å². The van der Waals surface area contributed by atoms with E-state index in [1.165, 1.54) is 18.5 Å². The topological polar surface area (TPSA) is 44.4 Å². The van der Waals surface area contributed by atoms with Crippen molar-refractivity contribution in [1.82, 2.24) is 5.32 Å². The third-order valence-corrected chi connectivity index (χ3v) is 4.46. The molecule has 2 N–H and O–H groups in total. The van der Waals surface area contributed by atoms with Crippen LogP contribution in [0.1, 0.15) is 19.8 Å². The van der Waals surface area contributed by atoms with E-state index in [1.54, 1.807) is 0 Å². The summed E-state index contributed by atoms with van der Waals surface area (Å²) in [5.41, 5.74) is 2.16. The molecule has 0 aromatic heterocycles. The highest BCUT2D eigenvalue weighted by atomic mass is 16.1. The maximum atomic E-state index is 12.2. The van der Waals surface area contributed by atoms with Crippen LogP contribution in [0, 0.1) is 11.8 Å². The molecule has 1 aromatic rings. The summed E-state index contributed by atoms with van der Waals surface area (Å²) in [7, 11) is 0. The van der Waals surface area contributed by atoms with E-state index in [4.69, 9.17) is 0 Å². The van der Waals surface area contributed by atoms with Gasteiger partial charge in [-0.3, -0.25) is 4.79 Å². The third kappa shape index (κ3) is 2.80. The molecule has 2 fully saturated rings. The summed E-state index contributed by atoms with van der Waals surface area (Å²) in [4.78, 5) is 14.6. The highest BCUT2D eigenvalue weighted by molar-refractivity contribution is 5.93. The molecule has 0 aliphatic carbocycles. The molecular weight excluding hydrogens is 250 g/mol. The van der Waals surface area contributed by atoms with Crippen molar-refractivity contribution in [3.8, 4) is 0 Å². The molecule has 4 heteroatoms. The first-order valence-corrected chi connectivity index (χ1v) is 7.60. The second-order valence-corrected chi connectivity index (χ2v) is 5.97. The number of nitrogens with one attached hydrogen (secondary N) is 2. The summed E-state index contributed by atoms with van der Waals surface area (Å²) in [5.74, 6) is 0.642. The lowest BCUT2D eigenvalue weighted by molar-refractivity contribution is -0.120. The van der Waals surface area contributed by atoms with Gasteiger partial charge in [0, 0.05) is 31.0 Å². The van der Waals surface area contributed by atoms with Gasteiger partial charge in [-0.25, -0.2) is 0 Å². The van der Waals surface area contributed by atoms with Gasteiger partial charge >= 0.3 is 0 Å². The summed E-state index contributed by atoms with van der Waals surface area (Å²) in [6.07, 6.45) is 2.57. The Hall–Kier alpha value is -1.55. The number of amides is 1. The Labute approximate surface area is 120 Å². The lowest BCUT2D eigenvalue weighted by atomic mass is 9.97. The van der Waals surface area contributed by atoms with Crippen molar-refractivity contribution in [1.29, 1.82) is 0 Å². The SMILES string of the molecule is CC1CNCC1C(=O)Nc1ccc(N2CCCC2)cc1. The zero-order valence-electron chi connectivity index (χ0n) is 12.1. The molecule has 2 atom stereocenters. The highest BCUT2D eigenvalue weighted by Gasteiger charge is 2.29. The van der Waals surface area contributed by atoms with Crippen LogP contribution >= 0.6 is 0 Å². The van der Waals surface area contributed by atoms with Crippen LogP contribution in [0.15, 0.2) is 24.3 Å². The van der Waals surface area contributed by atoms with Gasteiger partial charge < -0.3 is 15.5 Å². The summed E-state index contributed by atoms with van der Waals surface area (Å²) in [5, 5.41) is 6.30. The Bertz CT molecular complexity index is 465. The predicted molar refractivity (Wildman–Crippen MR) is 82.0 cm³/mol. The molecule has 0 bridgehead atoms. The molecule has 2 unspecified atom stereocenters. The van der Waals surface area contributed by atoms with Crippen molar-refractivity contribution in [2.24, 2.45) is 11.8 Å². The van der Waals surface area contributed by atoms with Gasteiger partial charge in [0.1, 0.15) is 0 Å². The van der Waals surface area contributed by atoms with Crippen LogP contribution in [-0.2, 0) is 4.79 Å².